The molecule has 1 aromatic heterocycles. The van der Waals surface area contributed by atoms with Gasteiger partial charge < -0.3 is 23.9 Å². The molecule has 0 saturated heterocycles. The smallest absolute Gasteiger partial charge is 0.137 e. The van der Waals surface area contributed by atoms with E-state index in [4.69, 9.17) is 21.5 Å². The van der Waals surface area contributed by atoms with E-state index < -0.39 is 236 Å². The van der Waals surface area contributed by atoms with E-state index in [0.717, 1.165) is 11.1 Å². The van der Waals surface area contributed by atoms with E-state index in [1.54, 1.807) is 94.7 Å². The Kier molecular flexibility index (Phi) is 11.9. The van der Waals surface area contributed by atoms with E-state index in [0.29, 0.717) is 61.0 Å². The number of ether oxygens (including phenoxy) is 1. The summed E-state index contributed by atoms with van der Waals surface area (Å²) in [4.78, 5) is 4.67. The molecule has 107 heavy (non-hydrogen) atoms. The van der Waals surface area contributed by atoms with E-state index in [9.17, 15) is 24.7 Å². The zero-order valence-electron chi connectivity index (χ0n) is 87.2. The van der Waals surface area contributed by atoms with Crippen molar-refractivity contribution in [3.63, 3.8) is 0 Å². The predicted molar refractivity (Wildman–Crippen MR) is 453 cm³/mol. The summed E-state index contributed by atoms with van der Waals surface area (Å²) >= 11 is 0. The Morgan fingerprint density at radius 1 is 0.280 bits per heavy atom. The van der Waals surface area contributed by atoms with Gasteiger partial charge in [0.2, 0.25) is 0 Å². The fraction of sp³-hybridized carbons (Fsp3) is 0.118. The van der Waals surface area contributed by atoms with Crippen molar-refractivity contribution in [3.05, 3.63) is 380 Å². The molecular weight excluding hydrogens is 1300 g/mol. The molecule has 0 aliphatic carbocycles. The first kappa shape index (κ1) is 44.2. The molecular formula is C102H87N3O2. The molecule has 522 valence electrons. The van der Waals surface area contributed by atoms with Crippen LogP contribution < -0.4 is 19.4 Å². The molecule has 0 amide bonds. The summed E-state index contributed by atoms with van der Waals surface area (Å²) in [6.07, 6.45) is 0. The normalized spacial score (nSPS) is 15.3. The molecule has 0 saturated carbocycles. The third-order valence-corrected chi connectivity index (χ3v) is 18.6. The summed E-state index contributed by atoms with van der Waals surface area (Å²) in [6, 6.07) is 36.6. The van der Waals surface area contributed by atoms with Crippen LogP contribution in [0.3, 0.4) is 0 Å². The van der Waals surface area contributed by atoms with Crippen LogP contribution in [0.2, 0.25) is 0 Å². The molecule has 16 aromatic rings. The number of para-hydroxylation sites is 1. The number of furan rings is 1. The number of rotatable bonds is 17. The standard InChI is InChI=1S/C102H87N3O2/c1-100(2,3)79-56-57-94(91(63-79)73-40-22-13-23-41-73)103(82-49-30-46-76(58-82)70-34-16-10-17-35-70)86-67-87(69-89(68-86)106-88-51-32-48-78(60-88)72-38-20-12-21-39-72)104(95-53-33-55-97-98(95)90-52-28-29-54-96(90)107-97)84-61-80(101(4,5)6)62-85(66-84)105(83-50-31-47-77(59-83)71-36-18-11-19-37-71)99-92(74-42-24-14-25-43-74)64-81(102(7,8)9)65-93(99)75-44-26-15-27-45-75/h10-69H,1-9H3/i10D,11D,12D,16D,17D,18D,19D,20D,21D,30D,31D,32D,34D,35D,36D,37D,38D,39D,46D,47D,48D,49D,51D,58D,59D,60D,67D. The molecule has 0 fully saturated rings. The summed E-state index contributed by atoms with van der Waals surface area (Å²) in [6.45, 7) is 17.9. The van der Waals surface area contributed by atoms with Gasteiger partial charge in [-0.3, -0.25) is 0 Å². The number of nitrogens with zero attached hydrogens (tertiary/aromatic N) is 3. The van der Waals surface area contributed by atoms with Gasteiger partial charge in [-0.15, -0.1) is 0 Å². The first-order valence-electron chi connectivity index (χ1n) is 48.5. The second kappa shape index (κ2) is 28.7. The summed E-state index contributed by atoms with van der Waals surface area (Å²) in [5, 5.41) is 0.895. The van der Waals surface area contributed by atoms with Crippen molar-refractivity contribution >= 4 is 73.1 Å². The van der Waals surface area contributed by atoms with Gasteiger partial charge in [0.15, 0.2) is 0 Å². The highest BCUT2D eigenvalue weighted by Gasteiger charge is 2.32. The van der Waals surface area contributed by atoms with E-state index in [2.05, 4.69) is 20.8 Å². The summed E-state index contributed by atoms with van der Waals surface area (Å²) in [5.74, 6) is -1.34. The van der Waals surface area contributed by atoms with Crippen molar-refractivity contribution < 1.29 is 46.2 Å². The van der Waals surface area contributed by atoms with Gasteiger partial charge in [0.1, 0.15) is 22.7 Å². The Labute approximate surface area is 668 Å². The molecule has 0 radical (unpaired) electrons. The molecule has 0 aliphatic heterocycles. The van der Waals surface area contributed by atoms with Gasteiger partial charge in [0, 0.05) is 57.0 Å². The van der Waals surface area contributed by atoms with Crippen molar-refractivity contribution in [3.8, 4) is 78.3 Å². The highest BCUT2D eigenvalue weighted by atomic mass is 16.5. The zero-order chi connectivity index (χ0) is 96.9. The fourth-order valence-electron chi connectivity index (χ4n) is 13.2. The third kappa shape index (κ3) is 14.3. The monoisotopic (exact) mass is 1410 g/mol. The molecule has 0 spiro atoms. The van der Waals surface area contributed by atoms with Crippen molar-refractivity contribution in [1.29, 1.82) is 0 Å². The van der Waals surface area contributed by atoms with Crippen molar-refractivity contribution in [2.75, 3.05) is 14.7 Å². The van der Waals surface area contributed by atoms with Gasteiger partial charge in [0.05, 0.1) is 70.8 Å². The van der Waals surface area contributed by atoms with Crippen LogP contribution >= 0.6 is 0 Å². The molecule has 0 N–H and O–H groups in total. The molecule has 0 bridgehead atoms. The first-order valence-corrected chi connectivity index (χ1v) is 35.0. The van der Waals surface area contributed by atoms with E-state index in [1.807, 2.05) is 139 Å². The molecule has 5 heteroatoms. The third-order valence-electron chi connectivity index (χ3n) is 18.6. The maximum atomic E-state index is 11.8. The Morgan fingerprint density at radius 2 is 0.738 bits per heavy atom. The van der Waals surface area contributed by atoms with Gasteiger partial charge >= 0.3 is 0 Å². The highest BCUT2D eigenvalue weighted by molar-refractivity contribution is 6.14. The zero-order valence-corrected chi connectivity index (χ0v) is 60.2. The van der Waals surface area contributed by atoms with Crippen molar-refractivity contribution in [1.82, 2.24) is 0 Å². The molecule has 0 unspecified atom stereocenters. The molecule has 0 atom stereocenters. The Bertz CT molecular complexity index is 7430. The summed E-state index contributed by atoms with van der Waals surface area (Å²) in [5.41, 5.74) is -0.783. The Morgan fingerprint density at radius 3 is 1.31 bits per heavy atom. The highest BCUT2D eigenvalue weighted by Crippen LogP contribution is 2.54. The lowest BCUT2D eigenvalue weighted by molar-refractivity contribution is 0.483. The molecule has 5 nitrogen and oxygen atoms in total. The largest absolute Gasteiger partial charge is 0.457 e. The summed E-state index contributed by atoms with van der Waals surface area (Å²) in [7, 11) is 0. The average Bonchev–Trinajstić information content (AvgIpc) is 1.06. The number of anilines is 9. The van der Waals surface area contributed by atoms with Crippen LogP contribution in [-0.4, -0.2) is 0 Å². The number of hydrogen-bond donors (Lipinski definition) is 0. The van der Waals surface area contributed by atoms with Crippen LogP contribution in [0.1, 0.15) is 116 Å². The minimum atomic E-state index is -0.995. The molecule has 0 aliphatic rings. The topological polar surface area (TPSA) is 32.1 Å². The molecule has 15 aromatic carbocycles. The Hall–Kier alpha value is -12.7. The lowest BCUT2D eigenvalue weighted by atomic mass is 9.81. The quantitative estimate of drug-likeness (QED) is 0.0907. The number of benzene rings is 15. The molecule has 1 heterocycles. The average molecular weight is 1410 g/mol. The predicted octanol–water partition coefficient (Wildman–Crippen LogP) is 29.7. The van der Waals surface area contributed by atoms with E-state index in [1.165, 1.54) is 23.1 Å². The number of hydrogen-bond acceptors (Lipinski definition) is 5. The van der Waals surface area contributed by atoms with Gasteiger partial charge in [-0.2, -0.15) is 0 Å². The lowest BCUT2D eigenvalue weighted by Crippen LogP contribution is -2.19. The van der Waals surface area contributed by atoms with Gasteiger partial charge in [-0.05, 0) is 186 Å². The van der Waals surface area contributed by atoms with Gasteiger partial charge in [-0.1, -0.05) is 311 Å². The fourth-order valence-corrected chi connectivity index (χ4v) is 13.2. The second-order valence-corrected chi connectivity index (χ2v) is 28.9. The molecule has 16 rings (SSSR count). The lowest BCUT2D eigenvalue weighted by Gasteiger charge is -2.36. The van der Waals surface area contributed by atoms with Crippen LogP contribution in [0.4, 0.5) is 51.2 Å². The maximum absolute atomic E-state index is 11.8. The van der Waals surface area contributed by atoms with Crippen LogP contribution in [-0.2, 0) is 16.2 Å². The second-order valence-electron chi connectivity index (χ2n) is 28.9. The minimum absolute atomic E-state index is 0.0227. The van der Waals surface area contributed by atoms with E-state index in [-0.39, 0.29) is 39.7 Å². The van der Waals surface area contributed by atoms with Crippen LogP contribution in [0, 0.1) is 0 Å². The van der Waals surface area contributed by atoms with Crippen LogP contribution in [0.5, 0.6) is 11.5 Å². The van der Waals surface area contributed by atoms with Gasteiger partial charge in [0.25, 0.3) is 0 Å². The SMILES string of the molecule is [2H]c1cc(N(c2cc(N(c3cc(Oc4c([2H])c([2H])c([2H])c(-c5c([2H])c([2H])c([2H])c([2H])c5[2H])c4[2H])cc(N(c4ccc(C(C)(C)C)cc4-c4ccccc4)c4c([2H])c([2H])c([2H])c(-c5c([2H])c([2H])c([2H])c([2H])c5[2H])c4[2H])c3[2H])c3cccc4oc5ccccc5c34)cc(C(C)(C)C)c2)c2c(-c3ccccc3)cc(C(C)(C)C)cc2-c2ccccc2)c([2H])c(-c2c([2H])c([2H])c([2H])c([2H])c2[2H])c1[2H]. The number of fused-ring (bicyclic) bond motifs is 3. The van der Waals surface area contributed by atoms with Crippen LogP contribution in [0.25, 0.3) is 88.7 Å². The first-order chi connectivity index (χ1) is 63.2. The van der Waals surface area contributed by atoms with Gasteiger partial charge in [-0.25, -0.2) is 0 Å². The summed E-state index contributed by atoms with van der Waals surface area (Å²) < 4.78 is 273. The minimum Gasteiger partial charge on any atom is -0.457 e. The van der Waals surface area contributed by atoms with Crippen molar-refractivity contribution in [2.24, 2.45) is 0 Å². The van der Waals surface area contributed by atoms with Crippen molar-refractivity contribution in [2.45, 2.75) is 78.6 Å². The van der Waals surface area contributed by atoms with Crippen LogP contribution in [0.15, 0.2) is 368 Å². The Balaban J connectivity index is 1.14. The maximum Gasteiger partial charge on any atom is 0.137 e. The van der Waals surface area contributed by atoms with E-state index >= 15 is 0 Å².